The largest absolute Gasteiger partial charge is 0.508 e. The molecule has 0 amide bonds. The monoisotopic (exact) mass is 600 g/mol. The Morgan fingerprint density at radius 2 is 1.25 bits per heavy atom. The number of aliphatic hydroxyl groups excluding tert-OH is 2. The second-order valence-corrected chi connectivity index (χ2v) is 16.0. The number of aliphatic hydroxyl groups is 2. The first-order valence-electron chi connectivity index (χ1n) is 17.3. The molecule has 8 rings (SSSR count). The Labute approximate surface area is 260 Å². The van der Waals surface area contributed by atoms with Gasteiger partial charge in [-0.1, -0.05) is 13.8 Å². The van der Waals surface area contributed by atoms with Gasteiger partial charge in [-0.3, -0.25) is 4.79 Å². The topological polar surface area (TPSA) is 107 Å². The van der Waals surface area contributed by atoms with Crippen molar-refractivity contribution in [2.24, 2.45) is 34.5 Å². The van der Waals surface area contributed by atoms with Crippen LogP contribution in [-0.4, -0.2) is 38.6 Å². The second-order valence-electron chi connectivity index (χ2n) is 16.0. The molecule has 2 aromatic rings. The fourth-order valence-electron chi connectivity index (χ4n) is 12.0. The highest BCUT2D eigenvalue weighted by atomic mass is 16.5. The molecule has 0 heterocycles. The molecule has 0 spiro atoms. The molecule has 4 fully saturated rings. The van der Waals surface area contributed by atoms with Gasteiger partial charge in [-0.15, -0.1) is 0 Å². The van der Waals surface area contributed by atoms with E-state index in [0.717, 1.165) is 99.3 Å². The van der Waals surface area contributed by atoms with Crippen molar-refractivity contribution in [3.8, 4) is 17.2 Å². The SMILES string of the molecule is C[C@]12CC[C@@H]3c4c(cc(O)cc4CC(=O)Oc4cc(O)cc5c4[C@H]4CC[C@]6(C)[C@H](O)CC[C@H]6[C@@H]4CC5)CC[C@H]3[C@@H]1CC[C@H]2O. The fourth-order valence-corrected chi connectivity index (χ4v) is 12.0. The Bertz CT molecular complexity index is 1390. The van der Waals surface area contributed by atoms with Crippen LogP contribution >= 0.6 is 0 Å². The van der Waals surface area contributed by atoms with Crippen LogP contribution in [0, 0.1) is 34.5 Å². The van der Waals surface area contributed by atoms with E-state index < -0.39 is 0 Å². The number of phenols is 2. The zero-order valence-electron chi connectivity index (χ0n) is 26.2. The minimum absolute atomic E-state index is 0.0198. The van der Waals surface area contributed by atoms with Crippen molar-refractivity contribution < 1.29 is 30.0 Å². The van der Waals surface area contributed by atoms with Crippen molar-refractivity contribution in [3.63, 3.8) is 0 Å². The summed E-state index contributed by atoms with van der Waals surface area (Å²) in [7, 11) is 0. The highest BCUT2D eigenvalue weighted by Crippen LogP contribution is 2.63. The van der Waals surface area contributed by atoms with E-state index in [1.807, 2.05) is 12.1 Å². The molecular weight excluding hydrogens is 552 g/mol. The summed E-state index contributed by atoms with van der Waals surface area (Å²) in [5, 5.41) is 43.0. The van der Waals surface area contributed by atoms with Crippen LogP contribution < -0.4 is 4.74 Å². The van der Waals surface area contributed by atoms with E-state index in [1.54, 1.807) is 12.1 Å². The molecule has 0 radical (unpaired) electrons. The minimum Gasteiger partial charge on any atom is -0.508 e. The van der Waals surface area contributed by atoms with Gasteiger partial charge in [0.2, 0.25) is 0 Å². The summed E-state index contributed by atoms with van der Waals surface area (Å²) in [5.74, 6) is 2.93. The number of aromatic hydroxyl groups is 2. The summed E-state index contributed by atoms with van der Waals surface area (Å²) < 4.78 is 6.21. The molecule has 0 bridgehead atoms. The van der Waals surface area contributed by atoms with Crippen LogP contribution in [0.4, 0.5) is 0 Å². The summed E-state index contributed by atoms with van der Waals surface area (Å²) in [5.41, 5.74) is 5.35. The van der Waals surface area contributed by atoms with Crippen molar-refractivity contribution in [1.29, 1.82) is 0 Å². The van der Waals surface area contributed by atoms with Crippen LogP contribution in [0.3, 0.4) is 0 Å². The summed E-state index contributed by atoms with van der Waals surface area (Å²) in [6.45, 7) is 4.54. The van der Waals surface area contributed by atoms with Crippen LogP contribution in [-0.2, 0) is 24.1 Å². The normalized spacial score (nSPS) is 40.2. The van der Waals surface area contributed by atoms with Crippen LogP contribution in [0.25, 0.3) is 0 Å². The number of carbonyl (C=O) groups is 1. The molecule has 4 N–H and O–H groups in total. The lowest BCUT2D eigenvalue weighted by molar-refractivity contribution is -0.133. The maximum absolute atomic E-state index is 13.8. The average molecular weight is 601 g/mol. The van der Waals surface area contributed by atoms with Gasteiger partial charge in [0.05, 0.1) is 18.6 Å². The number of ether oxygens (including phenoxy) is 1. The first-order chi connectivity index (χ1) is 21.1. The Morgan fingerprint density at radius 3 is 1.84 bits per heavy atom. The zero-order chi connectivity index (χ0) is 30.5. The van der Waals surface area contributed by atoms with Gasteiger partial charge in [0.15, 0.2) is 0 Å². The molecule has 0 saturated heterocycles. The van der Waals surface area contributed by atoms with E-state index in [0.29, 0.717) is 35.3 Å². The van der Waals surface area contributed by atoms with Crippen molar-refractivity contribution >= 4 is 5.97 Å². The third kappa shape index (κ3) is 4.22. The van der Waals surface area contributed by atoms with E-state index in [4.69, 9.17) is 4.74 Å². The molecular formula is C38H48O6. The van der Waals surface area contributed by atoms with Gasteiger partial charge in [0.1, 0.15) is 17.2 Å². The van der Waals surface area contributed by atoms with E-state index in [1.165, 1.54) is 5.56 Å². The lowest BCUT2D eigenvalue weighted by Crippen LogP contribution is -2.44. The average Bonchev–Trinajstić information content (AvgIpc) is 3.46. The number of fused-ring (bicyclic) bond motifs is 10. The predicted octanol–water partition coefficient (Wildman–Crippen LogP) is 6.68. The second kappa shape index (κ2) is 10.2. The van der Waals surface area contributed by atoms with E-state index in [2.05, 4.69) is 13.8 Å². The number of rotatable bonds is 3. The molecule has 44 heavy (non-hydrogen) atoms. The first kappa shape index (κ1) is 28.9. The van der Waals surface area contributed by atoms with Gasteiger partial charge >= 0.3 is 5.97 Å². The van der Waals surface area contributed by atoms with Crippen molar-refractivity contribution in [3.05, 3.63) is 52.1 Å². The summed E-state index contributed by atoms with van der Waals surface area (Å²) in [6, 6.07) is 7.13. The molecule has 0 unspecified atom stereocenters. The van der Waals surface area contributed by atoms with E-state index >= 15 is 0 Å². The standard InChI is InChI=1S/C38H48O6/c1-37-13-11-27-25(29(37)7-9-32(37)41)5-3-20-15-23(39)17-22(35(20)27)18-34(43)44-31-19-24(40)16-21-4-6-26-28(36(21)31)12-14-38(2)30(26)8-10-33(38)42/h15-17,19,25-30,32-33,39-42H,3-14,18H2,1-2H3/t25-,26-,27+,28+,29+,30+,32-,33-,37+,38+/m1/s1. The Balaban J connectivity index is 1.08. The van der Waals surface area contributed by atoms with Gasteiger partial charge in [-0.05, 0) is 164 Å². The molecule has 6 heteroatoms. The third-order valence-electron chi connectivity index (χ3n) is 14.1. The minimum atomic E-state index is -0.358. The van der Waals surface area contributed by atoms with Crippen molar-refractivity contribution in [2.75, 3.05) is 0 Å². The number of aryl methyl sites for hydroxylation is 2. The molecule has 0 aliphatic heterocycles. The summed E-state index contributed by atoms with van der Waals surface area (Å²) in [6.07, 6.45) is 11.2. The number of phenolic OH excluding ortho intramolecular Hbond substituents is 2. The fraction of sp³-hybridized carbons (Fsp3) is 0.658. The van der Waals surface area contributed by atoms with Gasteiger partial charge in [-0.2, -0.15) is 0 Å². The highest BCUT2D eigenvalue weighted by Gasteiger charge is 2.56. The highest BCUT2D eigenvalue weighted by molar-refractivity contribution is 5.77. The zero-order valence-corrected chi connectivity index (χ0v) is 26.2. The number of esters is 1. The van der Waals surface area contributed by atoms with Crippen molar-refractivity contribution in [1.82, 2.24) is 0 Å². The number of hydrogen-bond acceptors (Lipinski definition) is 6. The molecule has 0 aromatic heterocycles. The Hall–Kier alpha value is -2.57. The van der Waals surface area contributed by atoms with Gasteiger partial charge in [-0.25, -0.2) is 0 Å². The molecule has 4 saturated carbocycles. The number of benzene rings is 2. The molecule has 10 atom stereocenters. The predicted molar refractivity (Wildman–Crippen MR) is 167 cm³/mol. The van der Waals surface area contributed by atoms with E-state index in [9.17, 15) is 25.2 Å². The Kier molecular flexibility index (Phi) is 6.71. The van der Waals surface area contributed by atoms with Crippen LogP contribution in [0.2, 0.25) is 0 Å². The first-order valence-corrected chi connectivity index (χ1v) is 17.3. The quantitative estimate of drug-likeness (QED) is 0.231. The number of hydrogen-bond donors (Lipinski definition) is 4. The molecule has 6 aliphatic rings. The van der Waals surface area contributed by atoms with Gasteiger partial charge in [0.25, 0.3) is 0 Å². The molecule has 6 nitrogen and oxygen atoms in total. The lowest BCUT2D eigenvalue weighted by atomic mass is 9.55. The lowest BCUT2D eigenvalue weighted by Gasteiger charge is -2.50. The third-order valence-corrected chi connectivity index (χ3v) is 14.1. The van der Waals surface area contributed by atoms with Crippen molar-refractivity contribution in [2.45, 2.75) is 121 Å². The molecule has 236 valence electrons. The Morgan fingerprint density at radius 1 is 0.727 bits per heavy atom. The van der Waals surface area contributed by atoms with E-state index in [-0.39, 0.29) is 52.8 Å². The number of carbonyl (C=O) groups excluding carboxylic acids is 1. The van der Waals surface area contributed by atoms with Crippen LogP contribution in [0.1, 0.15) is 118 Å². The molecule has 6 aliphatic carbocycles. The maximum Gasteiger partial charge on any atom is 0.315 e. The molecule has 2 aromatic carbocycles. The smallest absolute Gasteiger partial charge is 0.315 e. The maximum atomic E-state index is 13.8. The summed E-state index contributed by atoms with van der Waals surface area (Å²) >= 11 is 0. The summed E-state index contributed by atoms with van der Waals surface area (Å²) in [4.78, 5) is 13.8. The van der Waals surface area contributed by atoms with Crippen LogP contribution in [0.5, 0.6) is 17.2 Å². The van der Waals surface area contributed by atoms with Crippen LogP contribution in [0.15, 0.2) is 24.3 Å². The van der Waals surface area contributed by atoms with Gasteiger partial charge < -0.3 is 25.2 Å². The van der Waals surface area contributed by atoms with Gasteiger partial charge in [0, 0.05) is 11.6 Å².